The predicted octanol–water partition coefficient (Wildman–Crippen LogP) is 2.01. The van der Waals surface area contributed by atoms with Crippen LogP contribution in [0.1, 0.15) is 30.4 Å². The van der Waals surface area contributed by atoms with Crippen molar-refractivity contribution in [2.75, 3.05) is 13.1 Å². The molecule has 1 aliphatic carbocycles. The van der Waals surface area contributed by atoms with Gasteiger partial charge in [0.1, 0.15) is 0 Å². The molecular weight excluding hydrogens is 238 g/mol. The molecule has 4 nitrogen and oxygen atoms in total. The maximum absolute atomic E-state index is 8.63. The van der Waals surface area contributed by atoms with E-state index in [1.54, 1.807) is 0 Å². The zero-order chi connectivity index (χ0) is 13.2. The zero-order valence-electron chi connectivity index (χ0n) is 11.1. The molecule has 3 rings (SSSR count). The Bertz CT molecular complexity index is 457. The molecule has 2 fully saturated rings. The van der Waals surface area contributed by atoms with Crippen molar-refractivity contribution in [3.8, 4) is 0 Å². The van der Waals surface area contributed by atoms with Gasteiger partial charge >= 0.3 is 0 Å². The molecule has 19 heavy (non-hydrogen) atoms. The first-order valence-corrected chi connectivity index (χ1v) is 7.05. The second-order valence-corrected chi connectivity index (χ2v) is 5.83. The molecule has 2 atom stereocenters. The molecule has 0 spiro atoms. The van der Waals surface area contributed by atoms with Crippen LogP contribution < -0.4 is 5.73 Å². The lowest BCUT2D eigenvalue weighted by Crippen LogP contribution is -2.21. The van der Waals surface area contributed by atoms with Crippen molar-refractivity contribution in [1.29, 1.82) is 0 Å². The Hall–Kier alpha value is -1.55. The standard InChI is InChI=1S/C15H21N3O/c16-15(17-19)12-6-4-11(5-7-12)8-18-9-13-2-1-3-14(13)10-18/h4-7,13-14,19H,1-3,8-10H2,(H2,16,17). The van der Waals surface area contributed by atoms with Crippen LogP contribution in [0.5, 0.6) is 0 Å². The maximum Gasteiger partial charge on any atom is 0.170 e. The van der Waals surface area contributed by atoms with E-state index in [0.717, 1.165) is 23.9 Å². The predicted molar refractivity (Wildman–Crippen MR) is 75.1 cm³/mol. The molecule has 4 heteroatoms. The van der Waals surface area contributed by atoms with Crippen LogP contribution in [0.4, 0.5) is 0 Å². The summed E-state index contributed by atoms with van der Waals surface area (Å²) >= 11 is 0. The van der Waals surface area contributed by atoms with Crippen molar-refractivity contribution >= 4 is 5.84 Å². The van der Waals surface area contributed by atoms with E-state index in [9.17, 15) is 0 Å². The van der Waals surface area contributed by atoms with Crippen molar-refractivity contribution in [3.63, 3.8) is 0 Å². The van der Waals surface area contributed by atoms with E-state index in [0.29, 0.717) is 0 Å². The summed E-state index contributed by atoms with van der Waals surface area (Å²) in [6, 6.07) is 7.98. The summed E-state index contributed by atoms with van der Waals surface area (Å²) in [4.78, 5) is 2.56. The number of hydrogen-bond acceptors (Lipinski definition) is 3. The van der Waals surface area contributed by atoms with Gasteiger partial charge < -0.3 is 10.9 Å². The topological polar surface area (TPSA) is 61.9 Å². The monoisotopic (exact) mass is 259 g/mol. The summed E-state index contributed by atoms with van der Waals surface area (Å²) in [6.07, 6.45) is 4.27. The number of amidine groups is 1. The first-order chi connectivity index (χ1) is 9.26. The van der Waals surface area contributed by atoms with Gasteiger partial charge in [0.15, 0.2) is 5.84 Å². The number of oxime groups is 1. The normalized spacial score (nSPS) is 27.7. The minimum atomic E-state index is 0.169. The quantitative estimate of drug-likeness (QED) is 0.378. The van der Waals surface area contributed by atoms with Crippen LogP contribution in [0.2, 0.25) is 0 Å². The Morgan fingerprint density at radius 3 is 2.42 bits per heavy atom. The number of rotatable bonds is 3. The molecular formula is C15H21N3O. The number of fused-ring (bicyclic) bond motifs is 1. The van der Waals surface area contributed by atoms with Crippen molar-refractivity contribution in [2.45, 2.75) is 25.8 Å². The summed E-state index contributed by atoms with van der Waals surface area (Å²) in [5.74, 6) is 2.05. The molecule has 0 radical (unpaired) electrons. The van der Waals surface area contributed by atoms with Crippen LogP contribution in [-0.4, -0.2) is 29.0 Å². The minimum Gasteiger partial charge on any atom is -0.409 e. The Balaban J connectivity index is 1.61. The Kier molecular flexibility index (Phi) is 3.42. The second kappa shape index (κ2) is 5.21. The van der Waals surface area contributed by atoms with Gasteiger partial charge in [-0.25, -0.2) is 0 Å². The van der Waals surface area contributed by atoms with Crippen LogP contribution in [-0.2, 0) is 6.54 Å². The fraction of sp³-hybridized carbons (Fsp3) is 0.533. The molecule has 2 unspecified atom stereocenters. The summed E-state index contributed by atoms with van der Waals surface area (Å²) in [5, 5.41) is 11.6. The number of nitrogens with two attached hydrogens (primary N) is 1. The molecule has 1 aliphatic heterocycles. The highest BCUT2D eigenvalue weighted by atomic mass is 16.4. The molecule has 1 aromatic carbocycles. The molecule has 1 heterocycles. The third-order valence-electron chi connectivity index (χ3n) is 4.57. The summed E-state index contributed by atoms with van der Waals surface area (Å²) in [6.45, 7) is 3.53. The zero-order valence-corrected chi connectivity index (χ0v) is 11.1. The molecule has 1 aromatic rings. The first-order valence-electron chi connectivity index (χ1n) is 7.05. The highest BCUT2D eigenvalue weighted by Crippen LogP contribution is 2.38. The molecule has 0 aromatic heterocycles. The van der Waals surface area contributed by atoms with Gasteiger partial charge in [0.2, 0.25) is 0 Å². The molecule has 0 bridgehead atoms. The average molecular weight is 259 g/mol. The Labute approximate surface area is 113 Å². The average Bonchev–Trinajstić information content (AvgIpc) is 2.99. The van der Waals surface area contributed by atoms with Crippen LogP contribution in [0.15, 0.2) is 29.4 Å². The summed E-state index contributed by atoms with van der Waals surface area (Å²) in [5.41, 5.74) is 7.63. The molecule has 1 saturated carbocycles. The maximum atomic E-state index is 8.63. The fourth-order valence-corrected chi connectivity index (χ4v) is 3.56. The van der Waals surface area contributed by atoms with Gasteiger partial charge in [0.05, 0.1) is 0 Å². The van der Waals surface area contributed by atoms with E-state index in [2.05, 4.69) is 22.2 Å². The van der Waals surface area contributed by atoms with E-state index < -0.39 is 0 Å². The van der Waals surface area contributed by atoms with Crippen LogP contribution >= 0.6 is 0 Å². The summed E-state index contributed by atoms with van der Waals surface area (Å²) < 4.78 is 0. The smallest absolute Gasteiger partial charge is 0.170 e. The van der Waals surface area contributed by atoms with E-state index in [1.807, 2.05) is 12.1 Å². The number of hydrogen-bond donors (Lipinski definition) is 2. The van der Waals surface area contributed by atoms with Crippen LogP contribution in [0.3, 0.4) is 0 Å². The van der Waals surface area contributed by atoms with Gasteiger partial charge in [-0.1, -0.05) is 35.8 Å². The van der Waals surface area contributed by atoms with Crippen LogP contribution in [0, 0.1) is 11.8 Å². The Morgan fingerprint density at radius 2 is 1.84 bits per heavy atom. The van der Waals surface area contributed by atoms with Crippen molar-refractivity contribution < 1.29 is 5.21 Å². The lowest BCUT2D eigenvalue weighted by atomic mass is 10.0. The third kappa shape index (κ3) is 2.59. The van der Waals surface area contributed by atoms with Crippen molar-refractivity contribution in [1.82, 2.24) is 4.90 Å². The summed E-state index contributed by atoms with van der Waals surface area (Å²) in [7, 11) is 0. The number of likely N-dealkylation sites (tertiary alicyclic amines) is 1. The lowest BCUT2D eigenvalue weighted by molar-refractivity contribution is 0.303. The third-order valence-corrected chi connectivity index (χ3v) is 4.57. The molecule has 2 aliphatic rings. The molecule has 102 valence electrons. The van der Waals surface area contributed by atoms with Crippen molar-refractivity contribution in [2.24, 2.45) is 22.7 Å². The second-order valence-electron chi connectivity index (χ2n) is 5.83. The van der Waals surface area contributed by atoms with Gasteiger partial charge in [-0.2, -0.15) is 0 Å². The van der Waals surface area contributed by atoms with E-state index in [1.165, 1.54) is 37.9 Å². The lowest BCUT2D eigenvalue weighted by Gasteiger charge is -2.16. The molecule has 0 amide bonds. The number of benzene rings is 1. The van der Waals surface area contributed by atoms with E-state index >= 15 is 0 Å². The van der Waals surface area contributed by atoms with Gasteiger partial charge in [-0.05, 0) is 30.2 Å². The SMILES string of the molecule is N/C(=N/O)c1ccc(CN2CC3CCCC3C2)cc1. The highest BCUT2D eigenvalue weighted by molar-refractivity contribution is 5.96. The van der Waals surface area contributed by atoms with E-state index in [-0.39, 0.29) is 5.84 Å². The van der Waals surface area contributed by atoms with Gasteiger partial charge in [0.25, 0.3) is 0 Å². The van der Waals surface area contributed by atoms with E-state index in [4.69, 9.17) is 10.9 Å². The largest absolute Gasteiger partial charge is 0.409 e. The molecule has 3 N–H and O–H groups in total. The minimum absolute atomic E-state index is 0.169. The molecule has 1 saturated heterocycles. The van der Waals surface area contributed by atoms with Crippen LogP contribution in [0.25, 0.3) is 0 Å². The first kappa shape index (κ1) is 12.5. The van der Waals surface area contributed by atoms with Gasteiger partial charge in [0, 0.05) is 25.2 Å². The fourth-order valence-electron chi connectivity index (χ4n) is 3.56. The highest BCUT2D eigenvalue weighted by Gasteiger charge is 2.35. The van der Waals surface area contributed by atoms with Gasteiger partial charge in [-0.15, -0.1) is 0 Å². The number of nitrogens with zero attached hydrogens (tertiary/aromatic N) is 2. The Morgan fingerprint density at radius 1 is 1.21 bits per heavy atom. The van der Waals surface area contributed by atoms with Crippen molar-refractivity contribution in [3.05, 3.63) is 35.4 Å². The van der Waals surface area contributed by atoms with Gasteiger partial charge in [-0.3, -0.25) is 4.90 Å².